The fourth-order valence-electron chi connectivity index (χ4n) is 3.26. The van der Waals surface area contributed by atoms with Crippen molar-refractivity contribution in [2.45, 2.75) is 44.6 Å². The Kier molecular flexibility index (Phi) is 3.67. The largest absolute Gasteiger partial charge is 0.349 e. The average molecular weight is 255 g/mol. The molecule has 2 nitrogen and oxygen atoms in total. The summed E-state index contributed by atoms with van der Waals surface area (Å²) in [6, 6.07) is 8.74. The van der Waals surface area contributed by atoms with Gasteiger partial charge in [-0.15, -0.1) is 0 Å². The maximum Gasteiger partial charge on any atom is 0.221 e. The van der Waals surface area contributed by atoms with Crippen molar-refractivity contribution in [2.24, 2.45) is 5.92 Å². The molecule has 3 rings (SSSR count). The molecule has 0 aromatic heterocycles. The third-order valence-electron chi connectivity index (χ3n) is 4.26. The molecule has 1 aromatic rings. The van der Waals surface area contributed by atoms with E-state index in [4.69, 9.17) is 0 Å². The maximum atomic E-state index is 12.1. The predicted octanol–water partition coefficient (Wildman–Crippen LogP) is 3.54. The molecule has 2 aliphatic carbocycles. The molecule has 0 fully saturated rings. The van der Waals surface area contributed by atoms with Gasteiger partial charge in [-0.05, 0) is 49.1 Å². The Hall–Kier alpha value is -1.57. The van der Waals surface area contributed by atoms with Crippen molar-refractivity contribution in [3.05, 3.63) is 47.5 Å². The van der Waals surface area contributed by atoms with Crippen LogP contribution in [0, 0.1) is 5.92 Å². The first-order chi connectivity index (χ1) is 9.33. The molecule has 1 N–H and O–H groups in total. The lowest BCUT2D eigenvalue weighted by molar-refractivity contribution is -0.122. The zero-order valence-electron chi connectivity index (χ0n) is 11.3. The molecular formula is C17H21NO. The number of aryl methyl sites for hydroxylation is 1. The average Bonchev–Trinajstić information content (AvgIpc) is 2.92. The maximum absolute atomic E-state index is 12.1. The van der Waals surface area contributed by atoms with Crippen molar-refractivity contribution in [1.82, 2.24) is 5.32 Å². The molecule has 19 heavy (non-hydrogen) atoms. The molecule has 0 spiro atoms. The fraction of sp³-hybridized carbons (Fsp3) is 0.471. The van der Waals surface area contributed by atoms with Gasteiger partial charge in [0.15, 0.2) is 0 Å². The van der Waals surface area contributed by atoms with E-state index in [2.05, 4.69) is 41.7 Å². The van der Waals surface area contributed by atoms with Crippen molar-refractivity contribution < 1.29 is 4.79 Å². The topological polar surface area (TPSA) is 29.1 Å². The van der Waals surface area contributed by atoms with Gasteiger partial charge < -0.3 is 5.32 Å². The summed E-state index contributed by atoms with van der Waals surface area (Å²) in [4.78, 5) is 12.1. The van der Waals surface area contributed by atoms with Gasteiger partial charge in [-0.25, -0.2) is 0 Å². The lowest BCUT2D eigenvalue weighted by Gasteiger charge is -2.26. The molecule has 0 aliphatic heterocycles. The Balaban J connectivity index is 1.64. The summed E-state index contributed by atoms with van der Waals surface area (Å²) in [6.45, 7) is 0. The molecule has 1 aromatic carbocycles. The number of nitrogens with one attached hydrogen (secondary N) is 1. The van der Waals surface area contributed by atoms with Crippen LogP contribution in [0.2, 0.25) is 0 Å². The van der Waals surface area contributed by atoms with Crippen LogP contribution in [0.25, 0.3) is 0 Å². The number of rotatable bonds is 3. The summed E-state index contributed by atoms with van der Waals surface area (Å²) >= 11 is 0. The Morgan fingerprint density at radius 1 is 1.26 bits per heavy atom. The Bertz CT molecular complexity index is 492. The highest BCUT2D eigenvalue weighted by Gasteiger charge is 2.22. The molecule has 0 bridgehead atoms. The number of fused-ring (bicyclic) bond motifs is 1. The third kappa shape index (κ3) is 2.89. The second-order valence-electron chi connectivity index (χ2n) is 5.68. The van der Waals surface area contributed by atoms with E-state index in [1.807, 2.05) is 0 Å². The number of carbonyl (C=O) groups excluding carboxylic acids is 1. The quantitative estimate of drug-likeness (QED) is 0.822. The van der Waals surface area contributed by atoms with Crippen LogP contribution in [-0.4, -0.2) is 5.91 Å². The van der Waals surface area contributed by atoms with Crippen molar-refractivity contribution in [3.8, 4) is 0 Å². The van der Waals surface area contributed by atoms with Crippen molar-refractivity contribution >= 4 is 5.91 Å². The summed E-state index contributed by atoms with van der Waals surface area (Å²) in [5, 5.41) is 3.23. The molecule has 0 saturated carbocycles. The highest BCUT2D eigenvalue weighted by molar-refractivity contribution is 5.77. The van der Waals surface area contributed by atoms with E-state index in [-0.39, 0.29) is 11.9 Å². The minimum atomic E-state index is 0.207. The van der Waals surface area contributed by atoms with Crippen LogP contribution in [0.1, 0.15) is 49.3 Å². The molecule has 0 radical (unpaired) electrons. The van der Waals surface area contributed by atoms with E-state index in [0.717, 1.165) is 25.7 Å². The fourth-order valence-corrected chi connectivity index (χ4v) is 3.26. The number of hydrogen-bond donors (Lipinski definition) is 1. The van der Waals surface area contributed by atoms with Crippen LogP contribution in [0.15, 0.2) is 36.4 Å². The Labute approximate surface area is 114 Å². The first-order valence-corrected chi connectivity index (χ1v) is 7.37. The van der Waals surface area contributed by atoms with Crippen LogP contribution < -0.4 is 5.32 Å². The Morgan fingerprint density at radius 3 is 3.00 bits per heavy atom. The van der Waals surface area contributed by atoms with Gasteiger partial charge in [0.1, 0.15) is 0 Å². The zero-order chi connectivity index (χ0) is 13.1. The van der Waals surface area contributed by atoms with E-state index < -0.39 is 0 Å². The lowest BCUT2D eigenvalue weighted by Crippen LogP contribution is -2.31. The van der Waals surface area contributed by atoms with Crippen LogP contribution in [0.3, 0.4) is 0 Å². The number of allylic oxidation sites excluding steroid dienone is 2. The highest BCUT2D eigenvalue weighted by atomic mass is 16.1. The zero-order valence-corrected chi connectivity index (χ0v) is 11.3. The molecule has 2 atom stereocenters. The van der Waals surface area contributed by atoms with Gasteiger partial charge in [0.2, 0.25) is 5.91 Å². The van der Waals surface area contributed by atoms with Gasteiger partial charge in [0, 0.05) is 6.42 Å². The number of amides is 1. The minimum absolute atomic E-state index is 0.207. The standard InChI is InChI=1S/C17H21NO/c19-17(12-13-6-1-2-7-13)18-16-11-5-9-14-8-3-4-10-15(14)16/h1,3-4,6,8,10,13,16H,2,5,7,9,11-12H2,(H,18,19)/t13-,16+/m0/s1. The summed E-state index contributed by atoms with van der Waals surface area (Å²) in [6.07, 6.45) is 10.7. The molecule has 100 valence electrons. The normalized spacial score (nSPS) is 25.1. The van der Waals surface area contributed by atoms with Gasteiger partial charge in [-0.1, -0.05) is 36.4 Å². The summed E-state index contributed by atoms with van der Waals surface area (Å²) < 4.78 is 0. The van der Waals surface area contributed by atoms with Crippen LogP contribution in [0.4, 0.5) is 0 Å². The van der Waals surface area contributed by atoms with E-state index >= 15 is 0 Å². The second-order valence-corrected chi connectivity index (χ2v) is 5.68. The lowest BCUT2D eigenvalue weighted by atomic mass is 9.87. The first kappa shape index (κ1) is 12.5. The summed E-state index contributed by atoms with van der Waals surface area (Å²) in [5.41, 5.74) is 2.73. The number of carbonyl (C=O) groups is 1. The van der Waals surface area contributed by atoms with E-state index in [9.17, 15) is 4.79 Å². The van der Waals surface area contributed by atoms with Gasteiger partial charge in [-0.3, -0.25) is 4.79 Å². The van der Waals surface area contributed by atoms with Gasteiger partial charge in [0.05, 0.1) is 6.04 Å². The van der Waals surface area contributed by atoms with Crippen LogP contribution >= 0.6 is 0 Å². The summed E-state index contributed by atoms with van der Waals surface area (Å²) in [7, 11) is 0. The smallest absolute Gasteiger partial charge is 0.221 e. The van der Waals surface area contributed by atoms with Gasteiger partial charge in [0.25, 0.3) is 0 Å². The van der Waals surface area contributed by atoms with E-state index in [1.165, 1.54) is 17.5 Å². The highest BCUT2D eigenvalue weighted by Crippen LogP contribution is 2.30. The van der Waals surface area contributed by atoms with Crippen molar-refractivity contribution in [1.29, 1.82) is 0 Å². The molecule has 0 unspecified atom stereocenters. The molecule has 0 heterocycles. The van der Waals surface area contributed by atoms with Crippen molar-refractivity contribution in [3.63, 3.8) is 0 Å². The molecule has 1 amide bonds. The van der Waals surface area contributed by atoms with E-state index in [0.29, 0.717) is 12.3 Å². The molecular weight excluding hydrogens is 234 g/mol. The first-order valence-electron chi connectivity index (χ1n) is 7.37. The SMILES string of the molecule is O=C(C[C@H]1C=CCC1)N[C@@H]1CCCc2ccccc21. The number of hydrogen-bond acceptors (Lipinski definition) is 1. The number of benzene rings is 1. The van der Waals surface area contributed by atoms with Gasteiger partial charge in [-0.2, -0.15) is 0 Å². The Morgan fingerprint density at radius 2 is 2.16 bits per heavy atom. The van der Waals surface area contributed by atoms with Crippen LogP contribution in [0.5, 0.6) is 0 Å². The molecule has 2 aliphatic rings. The van der Waals surface area contributed by atoms with Crippen molar-refractivity contribution in [2.75, 3.05) is 0 Å². The summed E-state index contributed by atoms with van der Waals surface area (Å²) in [5.74, 6) is 0.664. The minimum Gasteiger partial charge on any atom is -0.349 e. The van der Waals surface area contributed by atoms with Gasteiger partial charge >= 0.3 is 0 Å². The third-order valence-corrected chi connectivity index (χ3v) is 4.26. The van der Waals surface area contributed by atoms with E-state index in [1.54, 1.807) is 0 Å². The van der Waals surface area contributed by atoms with Crippen LogP contribution in [-0.2, 0) is 11.2 Å². The molecule has 0 saturated heterocycles. The monoisotopic (exact) mass is 255 g/mol. The predicted molar refractivity (Wildman–Crippen MR) is 76.7 cm³/mol. The molecule has 2 heteroatoms. The second kappa shape index (κ2) is 5.60.